The Morgan fingerprint density at radius 1 is 1.06 bits per heavy atom. The first-order valence-electron chi connectivity index (χ1n) is 15.8. The molecule has 1 fully saturated rings. The molecule has 48 heavy (non-hydrogen) atoms. The van der Waals surface area contributed by atoms with E-state index in [0.29, 0.717) is 53.5 Å². The average molecular weight is 657 g/mol. The number of halogens is 1. The van der Waals surface area contributed by atoms with Crippen LogP contribution < -0.4 is 24.8 Å². The Balaban J connectivity index is 1.30. The minimum Gasteiger partial charge on any atom is -0.496 e. The topological polar surface area (TPSA) is 132 Å². The number of fused-ring (bicyclic) bond motifs is 7. The molecule has 1 aromatic heterocycles. The fraction of sp³-hybridized carbons (Fsp3) is 0.333. The van der Waals surface area contributed by atoms with Crippen molar-refractivity contribution in [2.24, 2.45) is 0 Å². The molecule has 1 saturated heterocycles. The first-order chi connectivity index (χ1) is 23.2. The molecule has 250 valence electrons. The summed E-state index contributed by atoms with van der Waals surface area (Å²) in [6.07, 6.45) is 0.590. The van der Waals surface area contributed by atoms with Crippen LogP contribution in [0.2, 0.25) is 0 Å². The van der Waals surface area contributed by atoms with Gasteiger partial charge in [-0.15, -0.1) is 0 Å². The molecule has 4 heterocycles. The molecule has 3 aromatic carbocycles. The largest absolute Gasteiger partial charge is 0.496 e. The Labute approximate surface area is 277 Å². The summed E-state index contributed by atoms with van der Waals surface area (Å²) in [6, 6.07) is 15.9. The highest BCUT2D eigenvalue weighted by atomic mass is 19.1. The standard InChI is InChI=1S/C36H37FN4O7/c1-21-28(22(2)48-40-21)10-12-35(43)41-14-13-32-31(19-41)39-36(44)29-16-24(8-11-30(29)37)23-5-4-6-26(15-23)46-20-34(42)38-18-25-7-9-27(47-32)17-33(25)45-3/h4-9,11,15-17,31-32H,10,12-14,18-20H2,1-3H3,(H,38,42)(H,39,44)/t31-,32+/m1/s1. The number of piperidine rings is 1. The second-order valence-corrected chi connectivity index (χ2v) is 11.9. The van der Waals surface area contributed by atoms with E-state index in [9.17, 15) is 14.4 Å². The molecule has 0 spiro atoms. The van der Waals surface area contributed by atoms with Crippen molar-refractivity contribution in [3.05, 3.63) is 94.6 Å². The van der Waals surface area contributed by atoms with Crippen molar-refractivity contribution in [2.75, 3.05) is 26.8 Å². The Morgan fingerprint density at radius 3 is 2.69 bits per heavy atom. The van der Waals surface area contributed by atoms with Gasteiger partial charge in [-0.25, -0.2) is 4.39 Å². The van der Waals surface area contributed by atoms with Crippen LogP contribution in [-0.2, 0) is 22.6 Å². The molecule has 0 radical (unpaired) electrons. The molecule has 0 unspecified atom stereocenters. The molecule has 0 aliphatic carbocycles. The molecule has 2 N–H and O–H groups in total. The normalized spacial score (nSPS) is 18.1. The van der Waals surface area contributed by atoms with Gasteiger partial charge in [0.05, 0.1) is 24.4 Å². The summed E-state index contributed by atoms with van der Waals surface area (Å²) < 4.78 is 38.2. The molecule has 3 aliphatic heterocycles. The highest BCUT2D eigenvalue weighted by Crippen LogP contribution is 2.29. The molecule has 3 aliphatic rings. The van der Waals surface area contributed by atoms with E-state index >= 15 is 4.39 Å². The van der Waals surface area contributed by atoms with Gasteiger partial charge in [-0.2, -0.15) is 0 Å². The summed E-state index contributed by atoms with van der Waals surface area (Å²) in [5.41, 5.74) is 3.50. The third-order valence-electron chi connectivity index (χ3n) is 8.76. The first kappa shape index (κ1) is 32.5. The van der Waals surface area contributed by atoms with Crippen LogP contribution in [0, 0.1) is 19.7 Å². The van der Waals surface area contributed by atoms with Crippen LogP contribution in [0.1, 0.15) is 45.8 Å². The lowest BCUT2D eigenvalue weighted by Crippen LogP contribution is -2.58. The maximum Gasteiger partial charge on any atom is 0.258 e. The summed E-state index contributed by atoms with van der Waals surface area (Å²) in [5, 5.41) is 9.79. The van der Waals surface area contributed by atoms with E-state index in [0.717, 1.165) is 16.8 Å². The molecular weight excluding hydrogens is 619 g/mol. The van der Waals surface area contributed by atoms with Crippen LogP contribution in [0.15, 0.2) is 65.2 Å². The lowest BCUT2D eigenvalue weighted by atomic mass is 9.98. The van der Waals surface area contributed by atoms with Gasteiger partial charge < -0.3 is 34.3 Å². The maximum atomic E-state index is 15.2. The fourth-order valence-electron chi connectivity index (χ4n) is 6.09. The van der Waals surface area contributed by atoms with E-state index in [1.807, 2.05) is 13.8 Å². The minimum atomic E-state index is -0.691. The highest BCUT2D eigenvalue weighted by molar-refractivity contribution is 5.96. The number of methoxy groups -OCH3 is 1. The average Bonchev–Trinajstić information content (AvgIpc) is 3.42. The van der Waals surface area contributed by atoms with E-state index in [1.54, 1.807) is 53.4 Å². The summed E-state index contributed by atoms with van der Waals surface area (Å²) in [5.74, 6) is 0.368. The van der Waals surface area contributed by atoms with Crippen molar-refractivity contribution in [3.8, 4) is 28.4 Å². The Kier molecular flexibility index (Phi) is 9.60. The zero-order chi connectivity index (χ0) is 33.8. The Hall–Kier alpha value is -5.39. The summed E-state index contributed by atoms with van der Waals surface area (Å²) in [7, 11) is 1.53. The van der Waals surface area contributed by atoms with Gasteiger partial charge in [-0.3, -0.25) is 14.4 Å². The first-order valence-corrected chi connectivity index (χ1v) is 15.8. The molecule has 7 rings (SSSR count). The molecule has 12 heteroatoms. The molecule has 2 atom stereocenters. The number of benzene rings is 3. The zero-order valence-corrected chi connectivity index (χ0v) is 27.0. The quantitative estimate of drug-likeness (QED) is 0.328. The zero-order valence-electron chi connectivity index (χ0n) is 27.0. The molecule has 6 bridgehead atoms. The van der Waals surface area contributed by atoms with Crippen LogP contribution >= 0.6 is 0 Å². The van der Waals surface area contributed by atoms with Crippen molar-refractivity contribution in [1.29, 1.82) is 0 Å². The van der Waals surface area contributed by atoms with Crippen LogP contribution in [0.5, 0.6) is 17.2 Å². The third-order valence-corrected chi connectivity index (χ3v) is 8.76. The maximum absolute atomic E-state index is 15.2. The second-order valence-electron chi connectivity index (χ2n) is 11.9. The van der Waals surface area contributed by atoms with Gasteiger partial charge in [0.1, 0.15) is 34.9 Å². The summed E-state index contributed by atoms with van der Waals surface area (Å²) >= 11 is 0. The molecular formula is C36H37FN4O7. The van der Waals surface area contributed by atoms with E-state index < -0.39 is 23.9 Å². The summed E-state index contributed by atoms with van der Waals surface area (Å²) in [6.45, 7) is 4.22. The van der Waals surface area contributed by atoms with Crippen molar-refractivity contribution >= 4 is 17.7 Å². The van der Waals surface area contributed by atoms with Gasteiger partial charge in [0, 0.05) is 49.7 Å². The van der Waals surface area contributed by atoms with E-state index in [2.05, 4.69) is 15.8 Å². The number of likely N-dealkylation sites (tertiary alicyclic amines) is 1. The summed E-state index contributed by atoms with van der Waals surface area (Å²) in [4.78, 5) is 41.5. The van der Waals surface area contributed by atoms with Gasteiger partial charge in [0.25, 0.3) is 11.8 Å². The van der Waals surface area contributed by atoms with E-state index in [1.165, 1.54) is 19.2 Å². The number of amides is 3. The van der Waals surface area contributed by atoms with Gasteiger partial charge in [-0.05, 0) is 67.8 Å². The van der Waals surface area contributed by atoms with Gasteiger partial charge in [0.15, 0.2) is 6.61 Å². The molecule has 3 amide bonds. The van der Waals surface area contributed by atoms with Crippen LogP contribution in [0.4, 0.5) is 4.39 Å². The van der Waals surface area contributed by atoms with Crippen molar-refractivity contribution < 1.29 is 37.5 Å². The number of carbonyl (C=O) groups excluding carboxylic acids is 3. The molecule has 11 nitrogen and oxygen atoms in total. The number of aryl methyl sites for hydroxylation is 2. The van der Waals surface area contributed by atoms with Crippen LogP contribution in [0.25, 0.3) is 11.1 Å². The van der Waals surface area contributed by atoms with Crippen LogP contribution in [-0.4, -0.2) is 66.7 Å². The fourth-order valence-corrected chi connectivity index (χ4v) is 6.09. The van der Waals surface area contributed by atoms with Crippen LogP contribution in [0.3, 0.4) is 0 Å². The number of hydrogen-bond acceptors (Lipinski definition) is 8. The third kappa shape index (κ3) is 7.27. The second kappa shape index (κ2) is 14.2. The van der Waals surface area contributed by atoms with Gasteiger partial charge >= 0.3 is 0 Å². The predicted molar refractivity (Wildman–Crippen MR) is 173 cm³/mol. The number of ether oxygens (including phenoxy) is 3. The number of rotatable bonds is 4. The number of hydrogen-bond donors (Lipinski definition) is 2. The van der Waals surface area contributed by atoms with Crippen molar-refractivity contribution in [1.82, 2.24) is 20.7 Å². The molecule has 0 saturated carbocycles. The Morgan fingerprint density at radius 2 is 1.90 bits per heavy atom. The lowest BCUT2D eigenvalue weighted by molar-refractivity contribution is -0.133. The molecule has 4 aromatic rings. The van der Waals surface area contributed by atoms with E-state index in [-0.39, 0.29) is 43.5 Å². The van der Waals surface area contributed by atoms with Crippen molar-refractivity contribution in [2.45, 2.75) is 51.8 Å². The highest BCUT2D eigenvalue weighted by Gasteiger charge is 2.35. The number of aromatic nitrogens is 1. The number of nitrogens with zero attached hydrogens (tertiary/aromatic N) is 2. The monoisotopic (exact) mass is 656 g/mol. The smallest absolute Gasteiger partial charge is 0.258 e. The minimum absolute atomic E-state index is 0.0857. The SMILES string of the molecule is COc1cc2ccc1CNC(=O)COc1cccc(c1)-c1ccc(F)c(c1)C(=O)N[C@@H]1CN(C(=O)CCc3c(C)noc3C)CC[C@@H]1O2. The van der Waals surface area contributed by atoms with Crippen molar-refractivity contribution in [3.63, 3.8) is 0 Å². The van der Waals surface area contributed by atoms with Gasteiger partial charge in [-0.1, -0.05) is 23.4 Å². The lowest BCUT2D eigenvalue weighted by Gasteiger charge is -2.39. The van der Waals surface area contributed by atoms with E-state index in [4.69, 9.17) is 18.7 Å². The predicted octanol–water partition coefficient (Wildman–Crippen LogP) is 4.53. The number of carbonyl (C=O) groups is 3. The Bertz CT molecular complexity index is 1820. The number of nitrogens with one attached hydrogen (secondary N) is 2. The van der Waals surface area contributed by atoms with Gasteiger partial charge in [0.2, 0.25) is 5.91 Å².